The van der Waals surface area contributed by atoms with Crippen molar-refractivity contribution in [3.63, 3.8) is 0 Å². The number of aromatic carboxylic acids is 1. The number of hydrogen-bond acceptors (Lipinski definition) is 4. The first-order valence-corrected chi connectivity index (χ1v) is 8.11. The third kappa shape index (κ3) is 3.83. The molecule has 0 aliphatic rings. The number of furan rings is 1. The summed E-state index contributed by atoms with van der Waals surface area (Å²) in [6.45, 7) is 3.47. The van der Waals surface area contributed by atoms with Crippen LogP contribution in [0.5, 0.6) is 5.75 Å². The second-order valence-electron chi connectivity index (χ2n) is 5.95. The molecule has 0 atom stereocenters. The fourth-order valence-electron chi connectivity index (χ4n) is 2.59. The lowest BCUT2D eigenvalue weighted by molar-refractivity contribution is 0.0660. The van der Waals surface area contributed by atoms with Crippen molar-refractivity contribution in [3.8, 4) is 16.9 Å². The monoisotopic (exact) mass is 350 g/mol. The highest BCUT2D eigenvalue weighted by molar-refractivity contribution is 5.95. The van der Waals surface area contributed by atoms with E-state index in [1.54, 1.807) is 19.9 Å². The predicted molar refractivity (Wildman–Crippen MR) is 96.6 cm³/mol. The summed E-state index contributed by atoms with van der Waals surface area (Å²) >= 11 is 0. The van der Waals surface area contributed by atoms with Gasteiger partial charge in [-0.3, -0.25) is 4.79 Å². The van der Waals surface area contributed by atoms with Crippen molar-refractivity contribution in [2.45, 2.75) is 20.5 Å². The molecule has 5 heteroatoms. The molecule has 0 fully saturated rings. The second kappa shape index (κ2) is 7.27. The maximum Gasteiger partial charge on any atom is 0.371 e. The molecule has 5 nitrogen and oxygen atoms in total. The molecule has 0 saturated heterocycles. The van der Waals surface area contributed by atoms with Crippen molar-refractivity contribution >= 4 is 11.8 Å². The summed E-state index contributed by atoms with van der Waals surface area (Å²) in [6, 6.07) is 16.4. The average molecular weight is 350 g/mol. The third-order valence-electron chi connectivity index (χ3n) is 4.08. The fourth-order valence-corrected chi connectivity index (χ4v) is 2.59. The minimum Gasteiger partial charge on any atom is -0.489 e. The van der Waals surface area contributed by atoms with Crippen LogP contribution in [-0.4, -0.2) is 16.9 Å². The molecule has 0 aliphatic carbocycles. The van der Waals surface area contributed by atoms with Crippen LogP contribution in [0.3, 0.4) is 0 Å². The Balaban J connectivity index is 1.71. The van der Waals surface area contributed by atoms with Crippen LogP contribution in [-0.2, 0) is 6.61 Å². The van der Waals surface area contributed by atoms with Crippen molar-refractivity contribution in [1.82, 2.24) is 0 Å². The van der Waals surface area contributed by atoms with Crippen LogP contribution >= 0.6 is 0 Å². The van der Waals surface area contributed by atoms with Gasteiger partial charge in [-0.25, -0.2) is 4.79 Å². The summed E-state index contributed by atoms with van der Waals surface area (Å²) in [5.41, 5.74) is 3.31. The van der Waals surface area contributed by atoms with Crippen LogP contribution in [0.15, 0.2) is 59.0 Å². The Hall–Kier alpha value is -3.34. The highest BCUT2D eigenvalue weighted by Crippen LogP contribution is 2.24. The molecule has 0 spiro atoms. The van der Waals surface area contributed by atoms with Gasteiger partial charge >= 0.3 is 5.97 Å². The Bertz CT molecular complexity index is 951. The lowest BCUT2D eigenvalue weighted by atomic mass is 10.0. The molecule has 132 valence electrons. The zero-order valence-electron chi connectivity index (χ0n) is 14.5. The van der Waals surface area contributed by atoms with E-state index < -0.39 is 5.97 Å². The normalized spacial score (nSPS) is 10.5. The SMILES string of the molecule is CC(=O)c1cccc(-c2ccc(OCc3cc(C(=O)O)oc3C)cc2)c1. The number of ketones is 1. The third-order valence-corrected chi connectivity index (χ3v) is 4.08. The zero-order valence-corrected chi connectivity index (χ0v) is 14.5. The Kier molecular flexibility index (Phi) is 4.89. The standard InChI is InChI=1S/C21H18O5/c1-13(22)16-4-3-5-17(10-16)15-6-8-19(9-7-15)25-12-18-11-20(21(23)24)26-14(18)2/h3-11H,12H2,1-2H3,(H,23,24). The molecule has 2 aromatic carbocycles. The maximum absolute atomic E-state index is 11.5. The molecule has 0 radical (unpaired) electrons. The Labute approximate surface area is 150 Å². The van der Waals surface area contributed by atoms with Crippen LogP contribution in [0.25, 0.3) is 11.1 Å². The number of aryl methyl sites for hydroxylation is 1. The minimum absolute atomic E-state index is 0.0306. The number of rotatable bonds is 6. The predicted octanol–water partition coefficient (Wildman–Crippen LogP) is 4.73. The number of carbonyl (C=O) groups excluding carboxylic acids is 1. The van der Waals surface area contributed by atoms with Gasteiger partial charge in [0.05, 0.1) is 0 Å². The van der Waals surface area contributed by atoms with Gasteiger partial charge in [0.25, 0.3) is 0 Å². The highest BCUT2D eigenvalue weighted by atomic mass is 16.5. The van der Waals surface area contributed by atoms with Crippen molar-refractivity contribution in [2.75, 3.05) is 0 Å². The van der Waals surface area contributed by atoms with E-state index in [1.165, 1.54) is 6.07 Å². The molecule has 0 amide bonds. The van der Waals surface area contributed by atoms with E-state index in [0.717, 1.165) is 11.1 Å². The summed E-state index contributed by atoms with van der Waals surface area (Å²) in [5, 5.41) is 8.94. The van der Waals surface area contributed by atoms with Crippen molar-refractivity contribution in [2.24, 2.45) is 0 Å². The largest absolute Gasteiger partial charge is 0.489 e. The Morgan fingerprint density at radius 3 is 2.38 bits per heavy atom. The Morgan fingerprint density at radius 1 is 1.04 bits per heavy atom. The van der Waals surface area contributed by atoms with Gasteiger partial charge < -0.3 is 14.3 Å². The minimum atomic E-state index is -1.10. The van der Waals surface area contributed by atoms with Crippen molar-refractivity contribution < 1.29 is 23.8 Å². The maximum atomic E-state index is 11.5. The van der Waals surface area contributed by atoms with Gasteiger partial charge in [-0.2, -0.15) is 0 Å². The molecular weight excluding hydrogens is 332 g/mol. The molecule has 26 heavy (non-hydrogen) atoms. The number of benzene rings is 2. The zero-order chi connectivity index (χ0) is 18.7. The highest BCUT2D eigenvalue weighted by Gasteiger charge is 2.13. The van der Waals surface area contributed by atoms with Gasteiger partial charge in [0, 0.05) is 11.1 Å². The van der Waals surface area contributed by atoms with Gasteiger partial charge in [0.1, 0.15) is 18.1 Å². The lowest BCUT2D eigenvalue weighted by Crippen LogP contribution is -1.96. The van der Waals surface area contributed by atoms with E-state index in [2.05, 4.69) is 0 Å². The number of ether oxygens (including phenoxy) is 1. The van der Waals surface area contributed by atoms with Gasteiger partial charge in [0.2, 0.25) is 5.76 Å². The van der Waals surface area contributed by atoms with E-state index >= 15 is 0 Å². The summed E-state index contributed by atoms with van der Waals surface area (Å²) in [4.78, 5) is 22.4. The number of carboxylic acid groups (broad SMARTS) is 1. The first-order chi connectivity index (χ1) is 12.4. The fraction of sp³-hybridized carbons (Fsp3) is 0.143. The van der Waals surface area contributed by atoms with Crippen LogP contribution in [0.1, 0.15) is 39.2 Å². The average Bonchev–Trinajstić information content (AvgIpc) is 3.02. The molecule has 3 rings (SSSR count). The molecule has 0 bridgehead atoms. The summed E-state index contributed by atoms with van der Waals surface area (Å²) in [5.74, 6) is 0.0235. The molecule has 1 aromatic heterocycles. The van der Waals surface area contributed by atoms with E-state index in [4.69, 9.17) is 14.3 Å². The number of hydrogen-bond donors (Lipinski definition) is 1. The van der Waals surface area contributed by atoms with Crippen LogP contribution < -0.4 is 4.74 Å². The number of carbonyl (C=O) groups is 2. The van der Waals surface area contributed by atoms with E-state index in [-0.39, 0.29) is 18.2 Å². The smallest absolute Gasteiger partial charge is 0.371 e. The molecule has 1 heterocycles. The molecular formula is C21H18O5. The summed E-state index contributed by atoms with van der Waals surface area (Å²) in [7, 11) is 0. The number of carboxylic acids is 1. The number of Topliss-reactive ketones (excluding diaryl/α,β-unsaturated/α-hetero) is 1. The Morgan fingerprint density at radius 2 is 1.77 bits per heavy atom. The first-order valence-electron chi connectivity index (χ1n) is 8.11. The molecule has 0 saturated carbocycles. The van der Waals surface area contributed by atoms with E-state index in [1.807, 2.05) is 42.5 Å². The van der Waals surface area contributed by atoms with Gasteiger partial charge in [-0.1, -0.05) is 30.3 Å². The molecule has 1 N–H and O–H groups in total. The van der Waals surface area contributed by atoms with Crippen LogP contribution in [0.4, 0.5) is 0 Å². The van der Waals surface area contributed by atoms with Crippen LogP contribution in [0.2, 0.25) is 0 Å². The first kappa shape index (κ1) is 17.5. The van der Waals surface area contributed by atoms with Gasteiger partial charge in [-0.15, -0.1) is 0 Å². The van der Waals surface area contributed by atoms with Crippen LogP contribution in [0, 0.1) is 6.92 Å². The molecule has 3 aromatic rings. The second-order valence-corrected chi connectivity index (χ2v) is 5.95. The molecule has 0 aliphatic heterocycles. The van der Waals surface area contributed by atoms with Crippen molar-refractivity contribution in [1.29, 1.82) is 0 Å². The molecule has 0 unspecified atom stereocenters. The summed E-state index contributed by atoms with van der Waals surface area (Å²) < 4.78 is 10.9. The van der Waals surface area contributed by atoms with E-state index in [9.17, 15) is 9.59 Å². The van der Waals surface area contributed by atoms with E-state index in [0.29, 0.717) is 22.6 Å². The van der Waals surface area contributed by atoms with Crippen molar-refractivity contribution in [3.05, 3.63) is 77.2 Å². The van der Waals surface area contributed by atoms with Gasteiger partial charge in [0.15, 0.2) is 5.78 Å². The topological polar surface area (TPSA) is 76.7 Å². The summed E-state index contributed by atoms with van der Waals surface area (Å²) in [6.07, 6.45) is 0. The van der Waals surface area contributed by atoms with Gasteiger partial charge in [-0.05, 0) is 49.2 Å². The quantitative estimate of drug-likeness (QED) is 0.650. The lowest BCUT2D eigenvalue weighted by Gasteiger charge is -2.08.